The molecule has 0 aliphatic rings. The Balaban J connectivity index is -0.000000240. The first-order valence-corrected chi connectivity index (χ1v) is 6.59. The van der Waals surface area contributed by atoms with Crippen molar-refractivity contribution < 1.29 is 45.1 Å². The second-order valence-corrected chi connectivity index (χ2v) is 5.57. The molecule has 0 aromatic carbocycles. The quantitative estimate of drug-likeness (QED) is 0.255. The van der Waals surface area contributed by atoms with Gasteiger partial charge in [0.05, 0.1) is 0 Å². The summed E-state index contributed by atoms with van der Waals surface area (Å²) in [6.45, 7) is 0. The zero-order valence-corrected chi connectivity index (χ0v) is 10.3. The van der Waals surface area contributed by atoms with Gasteiger partial charge in [-0.1, -0.05) is 0 Å². The van der Waals surface area contributed by atoms with E-state index >= 15 is 0 Å². The molecule has 0 aliphatic heterocycles. The molecular weight excluding hydrogens is 296 g/mol. The number of rotatable bonds is 4. The van der Waals surface area contributed by atoms with Gasteiger partial charge in [0.15, 0.2) is 0 Å². The molecule has 1 unspecified atom stereocenters. The summed E-state index contributed by atoms with van der Waals surface area (Å²) >= 11 is 0. The zero-order chi connectivity index (χ0) is 10.9. The summed E-state index contributed by atoms with van der Waals surface area (Å²) in [5.74, 6) is 0. The molecule has 0 radical (unpaired) electrons. The van der Waals surface area contributed by atoms with E-state index in [0.29, 0.717) is 0 Å². The Bertz CT molecular complexity index is 366. The fourth-order valence-corrected chi connectivity index (χ4v) is 2.65. The predicted octanol–water partition coefficient (Wildman–Crippen LogP) is -0.499. The van der Waals surface area contributed by atoms with Crippen LogP contribution < -0.4 is 18.5 Å². The minimum Gasteiger partial charge on any atom is -0.344 e. The Hall–Kier alpha value is 0.0500. The molecular formula is H13N3O10P2S. The number of phosphoric acid groups is 2. The van der Waals surface area contributed by atoms with Crippen LogP contribution in [0, 0.1) is 0 Å². The first kappa shape index (κ1) is 25.0. The maximum absolute atomic E-state index is 10.3. The molecule has 0 rings (SSSR count). The molecule has 0 aromatic heterocycles. The summed E-state index contributed by atoms with van der Waals surface area (Å²) in [5.41, 5.74) is 0. The largest absolute Gasteiger partial charge is 0.497 e. The molecule has 0 fully saturated rings. The molecule has 1 atom stereocenters. The lowest BCUT2D eigenvalue weighted by Crippen LogP contribution is -2.02. The highest BCUT2D eigenvalue weighted by molar-refractivity contribution is 7.86. The van der Waals surface area contributed by atoms with Gasteiger partial charge in [-0.05, 0) is 0 Å². The Morgan fingerprint density at radius 3 is 1.44 bits per heavy atom. The van der Waals surface area contributed by atoms with E-state index in [9.17, 15) is 17.5 Å². The van der Waals surface area contributed by atoms with Gasteiger partial charge in [0.25, 0.3) is 0 Å². The summed E-state index contributed by atoms with van der Waals surface area (Å²) in [5, 5.41) is 0. The lowest BCUT2D eigenvalue weighted by atomic mass is 14.0. The highest BCUT2D eigenvalue weighted by atomic mass is 32.3. The van der Waals surface area contributed by atoms with E-state index < -0.39 is 26.0 Å². The molecule has 0 bridgehead atoms. The van der Waals surface area contributed by atoms with Crippen LogP contribution in [0.3, 0.4) is 0 Å². The van der Waals surface area contributed by atoms with Crippen LogP contribution in [0.2, 0.25) is 0 Å². The molecule has 0 saturated heterocycles. The van der Waals surface area contributed by atoms with E-state index in [4.69, 9.17) is 19.2 Å². The third-order valence-electron chi connectivity index (χ3n) is 0.398. The van der Waals surface area contributed by atoms with E-state index in [0.717, 1.165) is 0 Å². The summed E-state index contributed by atoms with van der Waals surface area (Å²) < 4.78 is 53.6. The van der Waals surface area contributed by atoms with Gasteiger partial charge in [0, 0.05) is 0 Å². The van der Waals surface area contributed by atoms with Crippen molar-refractivity contribution >= 4 is 26.0 Å². The van der Waals surface area contributed by atoms with Crippen molar-refractivity contribution in [3.8, 4) is 0 Å². The number of hydrogen-bond donors (Lipinski definition) is 7. The highest BCUT2D eigenvalue weighted by Gasteiger charge is 2.36. The molecule has 0 amide bonds. The van der Waals surface area contributed by atoms with Crippen molar-refractivity contribution in [3.05, 3.63) is 0 Å². The van der Waals surface area contributed by atoms with Crippen molar-refractivity contribution in [3.63, 3.8) is 0 Å². The van der Waals surface area contributed by atoms with Gasteiger partial charge in [-0.3, -0.25) is 4.55 Å². The maximum atomic E-state index is 10.3. The molecule has 16 heteroatoms. The van der Waals surface area contributed by atoms with E-state index in [1.54, 1.807) is 0 Å². The average Bonchev–Trinajstić information content (AvgIpc) is 1.43. The third-order valence-corrected chi connectivity index (χ3v) is 3.58. The smallest absolute Gasteiger partial charge is 0.344 e. The summed E-state index contributed by atoms with van der Waals surface area (Å²) in [4.78, 5) is 24.2. The minimum atomic E-state index is -5.54. The van der Waals surface area contributed by atoms with Gasteiger partial charge in [-0.2, -0.15) is 12.7 Å². The Morgan fingerprint density at radius 2 is 1.25 bits per heavy atom. The average molecular weight is 309 g/mol. The normalized spacial score (nSPS) is 14.8. The Labute approximate surface area is 90.3 Å². The lowest BCUT2D eigenvalue weighted by Gasteiger charge is -2.08. The van der Waals surface area contributed by atoms with Gasteiger partial charge in [0.1, 0.15) is 0 Å². The molecule has 16 heavy (non-hydrogen) atoms. The van der Waals surface area contributed by atoms with Crippen molar-refractivity contribution in [1.82, 2.24) is 18.5 Å². The van der Waals surface area contributed by atoms with Crippen LogP contribution in [0.5, 0.6) is 0 Å². The van der Waals surface area contributed by atoms with Crippen molar-refractivity contribution in [2.45, 2.75) is 0 Å². The third kappa shape index (κ3) is 16.5. The number of hydrogen-bond acceptors (Lipinski definition) is 9. The van der Waals surface area contributed by atoms with Gasteiger partial charge >= 0.3 is 26.0 Å². The topological polar surface area (TPSA) is 273 Å². The summed E-state index contributed by atoms with van der Waals surface area (Å²) in [7, 11) is -16.3. The summed E-state index contributed by atoms with van der Waals surface area (Å²) in [6, 6.07) is 0. The van der Waals surface area contributed by atoms with Crippen LogP contribution in [0.4, 0.5) is 0 Å². The Morgan fingerprint density at radius 1 is 0.938 bits per heavy atom. The first-order chi connectivity index (χ1) is 5.41. The van der Waals surface area contributed by atoms with Gasteiger partial charge in [-0.15, -0.1) is 3.97 Å². The second kappa shape index (κ2) is 7.39. The van der Waals surface area contributed by atoms with Crippen LogP contribution in [0.25, 0.3) is 0 Å². The van der Waals surface area contributed by atoms with Crippen molar-refractivity contribution in [2.24, 2.45) is 0 Å². The van der Waals surface area contributed by atoms with E-state index in [1.807, 2.05) is 0 Å². The van der Waals surface area contributed by atoms with Crippen LogP contribution in [0.1, 0.15) is 0 Å². The molecule has 13 N–H and O–H groups in total. The van der Waals surface area contributed by atoms with Crippen LogP contribution >= 0.6 is 15.6 Å². The molecule has 13 nitrogen and oxygen atoms in total. The molecule has 0 saturated carbocycles. The summed E-state index contributed by atoms with van der Waals surface area (Å²) in [6.07, 6.45) is 0. The van der Waals surface area contributed by atoms with Crippen molar-refractivity contribution in [2.75, 3.05) is 0 Å². The maximum Gasteiger partial charge on any atom is 0.497 e. The van der Waals surface area contributed by atoms with Crippen LogP contribution in [-0.4, -0.2) is 27.7 Å². The second-order valence-electron chi connectivity index (χ2n) is 1.54. The molecule has 104 valence electrons. The van der Waals surface area contributed by atoms with Crippen molar-refractivity contribution in [1.29, 1.82) is 0 Å². The van der Waals surface area contributed by atoms with Gasteiger partial charge < -0.3 is 33.1 Å². The van der Waals surface area contributed by atoms with E-state index in [1.165, 1.54) is 0 Å². The standard InChI is InChI=1S/3H3N.H4O10P2S/c;;;1-11(2,3)9-12(4,5)10-13(6,7)8/h3*1H3;(H,4,5)(H2,1,2,3)(H,6,7,8). The van der Waals surface area contributed by atoms with Gasteiger partial charge in [0.2, 0.25) is 0 Å². The monoisotopic (exact) mass is 309 g/mol. The molecule has 0 heterocycles. The molecule has 0 spiro atoms. The van der Waals surface area contributed by atoms with Crippen LogP contribution in [-0.2, 0) is 27.8 Å². The van der Waals surface area contributed by atoms with E-state index in [2.05, 4.69) is 8.28 Å². The lowest BCUT2D eigenvalue weighted by molar-refractivity contribution is 0.225. The fourth-order valence-electron chi connectivity index (χ4n) is 0.267. The van der Waals surface area contributed by atoms with Gasteiger partial charge in [-0.25, -0.2) is 9.13 Å². The highest BCUT2D eigenvalue weighted by Crippen LogP contribution is 2.58. The SMILES string of the molecule is N.N.N.O=P(O)(O)OP(=O)(O)OS(=O)(=O)O. The van der Waals surface area contributed by atoms with Crippen LogP contribution in [0.15, 0.2) is 0 Å². The first-order valence-electron chi connectivity index (χ1n) is 2.20. The zero-order valence-electron chi connectivity index (χ0n) is 7.66. The van der Waals surface area contributed by atoms with E-state index in [-0.39, 0.29) is 18.5 Å². The molecule has 0 aliphatic carbocycles. The Kier molecular flexibility index (Phi) is 11.6. The minimum absolute atomic E-state index is 0. The fraction of sp³-hybridized carbons (Fsp3) is 0. The molecule has 0 aromatic rings. The predicted molar refractivity (Wildman–Crippen MR) is 50.7 cm³/mol.